The molecule has 0 radical (unpaired) electrons. The summed E-state index contributed by atoms with van der Waals surface area (Å²) in [7, 11) is 0. The monoisotopic (exact) mass is 306 g/mol. The third-order valence-corrected chi connectivity index (χ3v) is 4.75. The van der Waals surface area contributed by atoms with Gasteiger partial charge < -0.3 is 5.11 Å². The maximum absolute atomic E-state index is 11.5. The van der Waals surface area contributed by atoms with Crippen LogP contribution in [0.1, 0.15) is 12.0 Å². The van der Waals surface area contributed by atoms with Gasteiger partial charge in [-0.05, 0) is 16.7 Å². The van der Waals surface area contributed by atoms with Crippen molar-refractivity contribution in [2.45, 2.75) is 16.2 Å². The average Bonchev–Trinajstić information content (AvgIpc) is 3.05. The highest BCUT2D eigenvalue weighted by molar-refractivity contribution is 6.54. The third kappa shape index (κ3) is 1.91. The first-order chi connectivity index (χ1) is 9.47. The van der Waals surface area contributed by atoms with Crippen LogP contribution in [0.25, 0.3) is 11.1 Å². The van der Waals surface area contributed by atoms with E-state index in [4.69, 9.17) is 23.2 Å². The van der Waals surface area contributed by atoms with Crippen molar-refractivity contribution in [3.05, 3.63) is 60.2 Å². The Hall–Kier alpha value is -1.51. The summed E-state index contributed by atoms with van der Waals surface area (Å²) in [6, 6.07) is 17.3. The number of hydrogen-bond acceptors (Lipinski definition) is 1. The minimum Gasteiger partial charge on any atom is -0.480 e. The summed E-state index contributed by atoms with van der Waals surface area (Å²) < 4.78 is -1.22. The number of carbonyl (C=O) groups is 1. The number of carboxylic acid groups (broad SMARTS) is 1. The van der Waals surface area contributed by atoms with Gasteiger partial charge in [0, 0.05) is 6.42 Å². The van der Waals surface area contributed by atoms with Crippen LogP contribution in [0.4, 0.5) is 0 Å². The van der Waals surface area contributed by atoms with E-state index in [1.54, 1.807) is 12.1 Å². The molecule has 1 fully saturated rings. The van der Waals surface area contributed by atoms with E-state index in [9.17, 15) is 9.90 Å². The molecule has 2 aromatic carbocycles. The summed E-state index contributed by atoms with van der Waals surface area (Å²) in [5.74, 6) is -0.977. The molecule has 1 unspecified atom stereocenters. The van der Waals surface area contributed by atoms with Gasteiger partial charge in [0.15, 0.2) is 0 Å². The lowest BCUT2D eigenvalue weighted by molar-refractivity contribution is -0.140. The van der Waals surface area contributed by atoms with Crippen molar-refractivity contribution in [1.82, 2.24) is 0 Å². The fraction of sp³-hybridized carbons (Fsp3) is 0.188. The Morgan fingerprint density at radius 1 is 0.950 bits per heavy atom. The molecular weight excluding hydrogens is 295 g/mol. The lowest BCUT2D eigenvalue weighted by atomic mass is 9.94. The van der Waals surface area contributed by atoms with Crippen LogP contribution in [-0.4, -0.2) is 15.4 Å². The van der Waals surface area contributed by atoms with E-state index in [0.717, 1.165) is 11.1 Å². The molecule has 102 valence electrons. The SMILES string of the molecule is O=C(O)C1(c2ccc(-c3ccccc3)cc2)CC1(Cl)Cl. The predicted molar refractivity (Wildman–Crippen MR) is 80.2 cm³/mol. The maximum Gasteiger partial charge on any atom is 0.317 e. The molecule has 1 aliphatic rings. The number of halogens is 2. The fourth-order valence-corrected chi connectivity index (χ4v) is 3.32. The van der Waals surface area contributed by atoms with E-state index in [-0.39, 0.29) is 6.42 Å². The summed E-state index contributed by atoms with van der Waals surface area (Å²) in [5.41, 5.74) is 1.59. The molecule has 0 spiro atoms. The second kappa shape index (κ2) is 4.51. The summed E-state index contributed by atoms with van der Waals surface area (Å²) in [6.45, 7) is 0. The summed E-state index contributed by atoms with van der Waals surface area (Å²) >= 11 is 12.1. The molecule has 4 heteroatoms. The van der Waals surface area contributed by atoms with Gasteiger partial charge in [0.05, 0.1) is 0 Å². The van der Waals surface area contributed by atoms with Crippen molar-refractivity contribution in [1.29, 1.82) is 0 Å². The lowest BCUT2D eigenvalue weighted by Gasteiger charge is -2.14. The Balaban J connectivity index is 1.97. The lowest BCUT2D eigenvalue weighted by Crippen LogP contribution is -2.26. The van der Waals surface area contributed by atoms with Gasteiger partial charge in [-0.25, -0.2) is 0 Å². The zero-order valence-electron chi connectivity index (χ0n) is 10.5. The highest BCUT2D eigenvalue weighted by Crippen LogP contribution is 2.65. The smallest absolute Gasteiger partial charge is 0.317 e. The van der Waals surface area contributed by atoms with Crippen LogP contribution >= 0.6 is 23.2 Å². The normalized spacial score (nSPS) is 23.3. The van der Waals surface area contributed by atoms with Crippen LogP contribution in [0.5, 0.6) is 0 Å². The van der Waals surface area contributed by atoms with E-state index in [1.165, 1.54) is 0 Å². The second-order valence-corrected chi connectivity index (χ2v) is 6.52. The second-order valence-electron chi connectivity index (χ2n) is 5.04. The van der Waals surface area contributed by atoms with Gasteiger partial charge >= 0.3 is 5.97 Å². The number of alkyl halides is 2. The molecule has 0 bridgehead atoms. The van der Waals surface area contributed by atoms with Gasteiger partial charge in [0.1, 0.15) is 9.75 Å². The zero-order valence-corrected chi connectivity index (χ0v) is 12.0. The van der Waals surface area contributed by atoms with Crippen LogP contribution in [0.15, 0.2) is 54.6 Å². The van der Waals surface area contributed by atoms with Crippen LogP contribution in [0.2, 0.25) is 0 Å². The van der Waals surface area contributed by atoms with Crippen molar-refractivity contribution in [3.8, 4) is 11.1 Å². The van der Waals surface area contributed by atoms with E-state index in [2.05, 4.69) is 0 Å². The topological polar surface area (TPSA) is 37.3 Å². The van der Waals surface area contributed by atoms with Gasteiger partial charge in [0.2, 0.25) is 0 Å². The van der Waals surface area contributed by atoms with Crippen molar-refractivity contribution < 1.29 is 9.90 Å². The van der Waals surface area contributed by atoms with Gasteiger partial charge in [-0.15, -0.1) is 0 Å². The number of aliphatic carboxylic acids is 1. The minimum absolute atomic E-state index is 0.239. The highest BCUT2D eigenvalue weighted by atomic mass is 35.5. The van der Waals surface area contributed by atoms with Gasteiger partial charge in [-0.3, -0.25) is 4.79 Å². The molecule has 3 rings (SSSR count). The Morgan fingerprint density at radius 2 is 1.45 bits per heavy atom. The van der Waals surface area contributed by atoms with E-state index in [0.29, 0.717) is 5.56 Å². The largest absolute Gasteiger partial charge is 0.480 e. The first kappa shape index (κ1) is 13.5. The summed E-state index contributed by atoms with van der Waals surface area (Å²) in [6.07, 6.45) is 0.239. The number of hydrogen-bond donors (Lipinski definition) is 1. The molecule has 20 heavy (non-hydrogen) atoms. The molecule has 2 nitrogen and oxygen atoms in total. The quantitative estimate of drug-likeness (QED) is 0.861. The molecule has 0 amide bonds. The van der Waals surface area contributed by atoms with Crippen molar-refractivity contribution in [3.63, 3.8) is 0 Å². The molecule has 1 saturated carbocycles. The van der Waals surface area contributed by atoms with Crippen molar-refractivity contribution >= 4 is 29.2 Å². The molecule has 2 aromatic rings. The minimum atomic E-state index is -1.22. The summed E-state index contributed by atoms with van der Waals surface area (Å²) in [5, 5.41) is 9.41. The van der Waals surface area contributed by atoms with Gasteiger partial charge in [0.25, 0.3) is 0 Å². The molecule has 1 N–H and O–H groups in total. The molecule has 0 saturated heterocycles. The molecular formula is C16H12Cl2O2. The molecule has 1 atom stereocenters. The van der Waals surface area contributed by atoms with Gasteiger partial charge in [-0.2, -0.15) is 0 Å². The maximum atomic E-state index is 11.5. The van der Waals surface area contributed by atoms with Gasteiger partial charge in [-0.1, -0.05) is 77.8 Å². The van der Waals surface area contributed by atoms with Crippen LogP contribution in [0.3, 0.4) is 0 Å². The molecule has 0 aliphatic heterocycles. The number of benzene rings is 2. The average molecular weight is 307 g/mol. The van der Waals surface area contributed by atoms with Crippen molar-refractivity contribution in [2.75, 3.05) is 0 Å². The fourth-order valence-electron chi connectivity index (χ4n) is 2.54. The predicted octanol–water partition coefficient (Wildman–Crippen LogP) is 4.25. The number of rotatable bonds is 3. The molecule has 0 heterocycles. The van der Waals surface area contributed by atoms with E-state index in [1.807, 2.05) is 42.5 Å². The van der Waals surface area contributed by atoms with E-state index < -0.39 is 15.7 Å². The zero-order chi connectivity index (χ0) is 14.4. The van der Waals surface area contributed by atoms with Crippen LogP contribution in [-0.2, 0) is 10.2 Å². The summed E-state index contributed by atoms with van der Waals surface area (Å²) in [4.78, 5) is 11.5. The molecule has 0 aromatic heterocycles. The molecule has 1 aliphatic carbocycles. The first-order valence-corrected chi connectivity index (χ1v) is 7.00. The Labute approximate surface area is 127 Å². The Kier molecular flexibility index (Phi) is 3.03. The Bertz CT molecular complexity index is 650. The van der Waals surface area contributed by atoms with Crippen molar-refractivity contribution in [2.24, 2.45) is 0 Å². The standard InChI is InChI=1S/C16H12Cl2O2/c17-16(18)10-15(16,14(19)20)13-8-6-12(7-9-13)11-4-2-1-3-5-11/h1-9H,10H2,(H,19,20). The van der Waals surface area contributed by atoms with Crippen LogP contribution in [0, 0.1) is 0 Å². The Morgan fingerprint density at radius 3 is 1.90 bits per heavy atom. The van der Waals surface area contributed by atoms with Crippen LogP contribution < -0.4 is 0 Å². The highest BCUT2D eigenvalue weighted by Gasteiger charge is 2.72. The number of carboxylic acids is 1. The third-order valence-electron chi connectivity index (χ3n) is 3.84. The van der Waals surface area contributed by atoms with E-state index >= 15 is 0 Å². The first-order valence-electron chi connectivity index (χ1n) is 6.24.